The number of thioether (sulfide) groups is 1. The molecule has 1 amide bonds. The summed E-state index contributed by atoms with van der Waals surface area (Å²) in [5.74, 6) is -0.320. The van der Waals surface area contributed by atoms with Crippen molar-refractivity contribution in [3.8, 4) is 11.1 Å². The van der Waals surface area contributed by atoms with Crippen LogP contribution >= 0.6 is 35.8 Å². The molecule has 0 aliphatic carbocycles. The molecule has 5 rings (SSSR count). The molecule has 234 valence electrons. The summed E-state index contributed by atoms with van der Waals surface area (Å²) in [6.45, 7) is 2.90. The van der Waals surface area contributed by atoms with E-state index in [4.69, 9.17) is 17.3 Å². The third-order valence-electron chi connectivity index (χ3n) is 7.31. The molecule has 3 aromatic carbocycles. The van der Waals surface area contributed by atoms with Crippen molar-refractivity contribution in [2.24, 2.45) is 5.73 Å². The molecule has 0 aliphatic heterocycles. The number of H-pyrrole nitrogens is 1. The van der Waals surface area contributed by atoms with Crippen LogP contribution in [0.3, 0.4) is 0 Å². The van der Waals surface area contributed by atoms with Crippen molar-refractivity contribution in [1.29, 1.82) is 0 Å². The largest absolute Gasteiger partial charge is 0.336 e. The first-order chi connectivity index (χ1) is 21.3. The number of rotatable bonds is 12. The summed E-state index contributed by atoms with van der Waals surface area (Å²) in [6, 6.07) is 21.8. The van der Waals surface area contributed by atoms with Gasteiger partial charge < -0.3 is 15.2 Å². The van der Waals surface area contributed by atoms with Crippen LogP contribution in [-0.2, 0) is 23.6 Å². The van der Waals surface area contributed by atoms with Gasteiger partial charge >= 0.3 is 0 Å². The Balaban J connectivity index is 0.00000461. The minimum Gasteiger partial charge on any atom is -0.336 e. The fourth-order valence-corrected chi connectivity index (χ4v) is 5.83. The molecule has 1 atom stereocenters. The maximum absolute atomic E-state index is 13.8. The maximum Gasteiger partial charge on any atom is 0.277 e. The Hall–Kier alpha value is -3.96. The van der Waals surface area contributed by atoms with Crippen molar-refractivity contribution >= 4 is 41.7 Å². The zero-order chi connectivity index (χ0) is 31.1. The highest BCUT2D eigenvalue weighted by Crippen LogP contribution is 2.26. The predicted octanol–water partition coefficient (Wildman–Crippen LogP) is 6.28. The second kappa shape index (κ2) is 15.9. The second-order valence-corrected chi connectivity index (χ2v) is 11.8. The molecule has 2 heterocycles. The SMILES string of the molecule is CC(c1cn[nH]c1)c1cn(CC(=O)N(CCN)Cc2ccc(-c3ccc(Cl)cc3)cc2)c(SCc2ccc(F)cc2)nc1=O.Cl. The molecule has 0 spiro atoms. The van der Waals surface area contributed by atoms with Gasteiger partial charge in [0.15, 0.2) is 5.16 Å². The van der Waals surface area contributed by atoms with E-state index in [9.17, 15) is 14.0 Å². The number of hydrogen-bond acceptors (Lipinski definition) is 6. The van der Waals surface area contributed by atoms with Crippen LogP contribution in [0.5, 0.6) is 0 Å². The highest BCUT2D eigenvalue weighted by Gasteiger charge is 2.21. The summed E-state index contributed by atoms with van der Waals surface area (Å²) < 4.78 is 15.1. The molecular weight excluding hydrogens is 634 g/mol. The number of aromatic amines is 1. The van der Waals surface area contributed by atoms with Crippen LogP contribution in [0.15, 0.2) is 101 Å². The van der Waals surface area contributed by atoms with Gasteiger partial charge in [0.05, 0.1) is 6.20 Å². The van der Waals surface area contributed by atoms with Crippen LogP contribution in [0, 0.1) is 5.82 Å². The number of halogens is 3. The molecule has 0 radical (unpaired) electrons. The lowest BCUT2D eigenvalue weighted by Crippen LogP contribution is -2.37. The smallest absolute Gasteiger partial charge is 0.277 e. The molecule has 1 unspecified atom stereocenters. The van der Waals surface area contributed by atoms with Gasteiger partial charge in [-0.25, -0.2) is 4.39 Å². The van der Waals surface area contributed by atoms with Crippen LogP contribution in [0.25, 0.3) is 11.1 Å². The minimum absolute atomic E-state index is 0. The Kier molecular flexibility index (Phi) is 12.0. The monoisotopic (exact) mass is 666 g/mol. The Morgan fingerprint density at radius 1 is 1.04 bits per heavy atom. The Bertz CT molecular complexity index is 1750. The average Bonchev–Trinajstić information content (AvgIpc) is 3.57. The number of nitrogens with zero attached hydrogens (tertiary/aromatic N) is 4. The van der Waals surface area contributed by atoms with Gasteiger partial charge in [0, 0.05) is 54.3 Å². The maximum atomic E-state index is 13.8. The van der Waals surface area contributed by atoms with E-state index in [1.165, 1.54) is 23.9 Å². The zero-order valence-electron chi connectivity index (χ0n) is 24.5. The topological polar surface area (TPSA) is 110 Å². The molecule has 0 fully saturated rings. The van der Waals surface area contributed by atoms with Gasteiger partial charge in [0.25, 0.3) is 5.56 Å². The van der Waals surface area contributed by atoms with E-state index in [1.54, 1.807) is 40.2 Å². The quantitative estimate of drug-likeness (QED) is 0.120. The molecule has 3 N–H and O–H groups in total. The summed E-state index contributed by atoms with van der Waals surface area (Å²) in [7, 11) is 0. The van der Waals surface area contributed by atoms with E-state index < -0.39 is 0 Å². The third kappa shape index (κ3) is 8.82. The number of nitrogens with two attached hydrogens (primary N) is 1. The zero-order valence-corrected chi connectivity index (χ0v) is 26.9. The lowest BCUT2D eigenvalue weighted by atomic mass is 9.98. The number of aromatic nitrogens is 4. The van der Waals surface area contributed by atoms with Crippen LogP contribution in [0.1, 0.15) is 35.1 Å². The van der Waals surface area contributed by atoms with Crippen molar-refractivity contribution in [2.75, 3.05) is 13.1 Å². The van der Waals surface area contributed by atoms with E-state index in [2.05, 4.69) is 15.2 Å². The average molecular weight is 668 g/mol. The summed E-state index contributed by atoms with van der Waals surface area (Å²) in [5, 5.41) is 7.86. The first kappa shape index (κ1) is 33.9. The second-order valence-electron chi connectivity index (χ2n) is 10.4. The lowest BCUT2D eigenvalue weighted by molar-refractivity contribution is -0.132. The van der Waals surface area contributed by atoms with E-state index in [0.717, 1.165) is 27.8 Å². The van der Waals surface area contributed by atoms with Crippen molar-refractivity contribution in [3.63, 3.8) is 0 Å². The molecule has 0 bridgehead atoms. The van der Waals surface area contributed by atoms with Gasteiger partial charge in [-0.15, -0.1) is 12.4 Å². The summed E-state index contributed by atoms with van der Waals surface area (Å²) in [5.41, 5.74) is 10.7. The van der Waals surface area contributed by atoms with Gasteiger partial charge in [0.2, 0.25) is 5.91 Å². The van der Waals surface area contributed by atoms with E-state index >= 15 is 0 Å². The fourth-order valence-electron chi connectivity index (χ4n) is 4.78. The highest BCUT2D eigenvalue weighted by molar-refractivity contribution is 7.98. The van der Waals surface area contributed by atoms with Crippen LogP contribution in [-0.4, -0.2) is 43.6 Å². The predicted molar refractivity (Wildman–Crippen MR) is 179 cm³/mol. The van der Waals surface area contributed by atoms with E-state index in [0.29, 0.717) is 41.1 Å². The Labute approximate surface area is 276 Å². The first-order valence-electron chi connectivity index (χ1n) is 14.1. The number of hydrogen-bond donors (Lipinski definition) is 2. The molecule has 8 nitrogen and oxygen atoms in total. The summed E-state index contributed by atoms with van der Waals surface area (Å²) in [6.07, 6.45) is 5.11. The molecule has 2 aromatic heterocycles. The van der Waals surface area contributed by atoms with Crippen molar-refractivity contribution in [2.45, 2.75) is 36.8 Å². The minimum atomic E-state index is -0.372. The molecule has 0 saturated heterocycles. The molecular formula is C33H33Cl2FN6O2S. The van der Waals surface area contributed by atoms with Gasteiger partial charge in [0.1, 0.15) is 12.4 Å². The van der Waals surface area contributed by atoms with Crippen molar-refractivity contribution < 1.29 is 9.18 Å². The number of nitrogens with one attached hydrogen (secondary N) is 1. The van der Waals surface area contributed by atoms with Gasteiger partial charge in [-0.3, -0.25) is 14.7 Å². The van der Waals surface area contributed by atoms with E-state index in [1.807, 2.05) is 55.5 Å². The van der Waals surface area contributed by atoms with Crippen molar-refractivity contribution in [3.05, 3.63) is 135 Å². The normalized spacial score (nSPS) is 11.6. The first-order valence-corrected chi connectivity index (χ1v) is 15.5. The molecule has 12 heteroatoms. The number of carbonyl (C=O) groups is 1. The van der Waals surface area contributed by atoms with Gasteiger partial charge in [-0.05, 0) is 52.1 Å². The molecule has 45 heavy (non-hydrogen) atoms. The third-order valence-corrected chi connectivity index (χ3v) is 8.63. The summed E-state index contributed by atoms with van der Waals surface area (Å²) >= 11 is 7.34. The van der Waals surface area contributed by atoms with E-state index in [-0.39, 0.29) is 42.2 Å². The molecule has 0 saturated carbocycles. The van der Waals surface area contributed by atoms with Crippen LogP contribution < -0.4 is 11.3 Å². The van der Waals surface area contributed by atoms with Gasteiger partial charge in [-0.2, -0.15) is 10.1 Å². The molecule has 0 aliphatic rings. The van der Waals surface area contributed by atoms with Crippen LogP contribution in [0.4, 0.5) is 4.39 Å². The number of amides is 1. The fraction of sp³-hybridized carbons (Fsp3) is 0.212. The standard InChI is InChI=1S/C33H32ClFN6O2S.ClH/c1-22(27-16-37-38-17-27)30-19-41(33(39-32(30)43)44-21-24-4-12-29(35)13-5-24)20-31(42)40(15-14-36)18-23-2-6-25(7-3-23)26-8-10-28(34)11-9-26;/h2-13,16-17,19,22H,14-15,18,20-21,36H2,1H3,(H,37,38);1H. The summed E-state index contributed by atoms with van der Waals surface area (Å²) in [4.78, 5) is 33.0. The van der Waals surface area contributed by atoms with Crippen LogP contribution in [0.2, 0.25) is 5.02 Å². The Morgan fingerprint density at radius 3 is 2.31 bits per heavy atom. The Morgan fingerprint density at radius 2 is 1.69 bits per heavy atom. The van der Waals surface area contributed by atoms with Crippen molar-refractivity contribution in [1.82, 2.24) is 24.6 Å². The van der Waals surface area contributed by atoms with Gasteiger partial charge in [-0.1, -0.05) is 78.8 Å². The lowest BCUT2D eigenvalue weighted by Gasteiger charge is -2.24. The number of carbonyl (C=O) groups excluding carboxylic acids is 1. The molecule has 5 aromatic rings. The highest BCUT2D eigenvalue weighted by atomic mass is 35.5. The number of benzene rings is 3.